The summed E-state index contributed by atoms with van der Waals surface area (Å²) in [6, 6.07) is 9.65. The standard InChI is InChI=1S/C19H20N4O3/c1-3-25-13-7-5-12-6-8-16(26-4-2)18(14(12)9-13)15-10-17(24)22-19-20-11-21-23(15)19/h5-9,11,15H,3-4,10H2,1-2H3,(H,20,21,22,24)/t15-/m1/s1. The Morgan fingerprint density at radius 1 is 1.19 bits per heavy atom. The number of hydrogen-bond acceptors (Lipinski definition) is 5. The summed E-state index contributed by atoms with van der Waals surface area (Å²) in [4.78, 5) is 16.4. The van der Waals surface area contributed by atoms with Crippen LogP contribution in [0.15, 0.2) is 36.7 Å². The zero-order valence-corrected chi connectivity index (χ0v) is 14.7. The summed E-state index contributed by atoms with van der Waals surface area (Å²) < 4.78 is 13.3. The molecule has 0 bridgehead atoms. The van der Waals surface area contributed by atoms with Gasteiger partial charge in [-0.25, -0.2) is 4.68 Å². The summed E-state index contributed by atoms with van der Waals surface area (Å²) in [7, 11) is 0. The van der Waals surface area contributed by atoms with Crippen molar-refractivity contribution in [1.82, 2.24) is 14.8 Å². The molecule has 0 radical (unpaired) electrons. The SMILES string of the molecule is CCOc1ccc2ccc(OCC)c([C@H]3CC(=O)Nc4ncnn43)c2c1. The topological polar surface area (TPSA) is 78.3 Å². The molecule has 0 aliphatic carbocycles. The number of carbonyl (C=O) groups is 1. The number of aromatic nitrogens is 3. The number of carbonyl (C=O) groups excluding carboxylic acids is 1. The predicted octanol–water partition coefficient (Wildman–Crippen LogP) is 3.16. The van der Waals surface area contributed by atoms with Gasteiger partial charge in [0, 0.05) is 5.56 Å². The number of nitrogens with zero attached hydrogens (tertiary/aromatic N) is 3. The molecule has 7 heteroatoms. The van der Waals surface area contributed by atoms with E-state index >= 15 is 0 Å². The Morgan fingerprint density at radius 3 is 2.81 bits per heavy atom. The maximum absolute atomic E-state index is 12.2. The van der Waals surface area contributed by atoms with Gasteiger partial charge in [0.05, 0.1) is 25.7 Å². The molecule has 1 aromatic heterocycles. The van der Waals surface area contributed by atoms with Crippen molar-refractivity contribution in [2.24, 2.45) is 0 Å². The van der Waals surface area contributed by atoms with E-state index in [1.807, 2.05) is 44.2 Å². The van der Waals surface area contributed by atoms with Crippen LogP contribution in [-0.4, -0.2) is 33.9 Å². The fourth-order valence-electron chi connectivity index (χ4n) is 3.41. The van der Waals surface area contributed by atoms with Gasteiger partial charge in [-0.3, -0.25) is 10.1 Å². The molecule has 4 rings (SSSR count). The molecule has 1 amide bonds. The van der Waals surface area contributed by atoms with Gasteiger partial charge in [0.2, 0.25) is 11.9 Å². The number of amides is 1. The van der Waals surface area contributed by atoms with Crippen molar-refractivity contribution in [2.45, 2.75) is 26.3 Å². The number of rotatable bonds is 5. The van der Waals surface area contributed by atoms with E-state index in [0.29, 0.717) is 19.2 Å². The molecule has 26 heavy (non-hydrogen) atoms. The van der Waals surface area contributed by atoms with E-state index in [4.69, 9.17) is 9.47 Å². The molecule has 0 saturated heterocycles. The first-order valence-corrected chi connectivity index (χ1v) is 8.72. The monoisotopic (exact) mass is 352 g/mol. The van der Waals surface area contributed by atoms with Gasteiger partial charge < -0.3 is 9.47 Å². The van der Waals surface area contributed by atoms with Gasteiger partial charge in [0.15, 0.2) is 0 Å². The number of benzene rings is 2. The molecule has 134 valence electrons. The Labute approximate surface area is 150 Å². The lowest BCUT2D eigenvalue weighted by Gasteiger charge is -2.26. The van der Waals surface area contributed by atoms with Crippen LogP contribution in [0.25, 0.3) is 10.8 Å². The van der Waals surface area contributed by atoms with Gasteiger partial charge in [0.1, 0.15) is 17.8 Å². The molecule has 1 aliphatic rings. The first-order valence-electron chi connectivity index (χ1n) is 8.72. The lowest BCUT2D eigenvalue weighted by molar-refractivity contribution is -0.117. The van der Waals surface area contributed by atoms with E-state index in [2.05, 4.69) is 15.4 Å². The molecular weight excluding hydrogens is 332 g/mol. The molecule has 3 aromatic rings. The summed E-state index contributed by atoms with van der Waals surface area (Å²) in [6.07, 6.45) is 1.72. The summed E-state index contributed by atoms with van der Waals surface area (Å²) in [6.45, 7) is 5.02. The molecule has 0 fully saturated rings. The number of ether oxygens (including phenoxy) is 2. The number of hydrogen-bond donors (Lipinski definition) is 1. The van der Waals surface area contributed by atoms with E-state index in [0.717, 1.165) is 27.8 Å². The third-order valence-corrected chi connectivity index (χ3v) is 4.44. The molecule has 7 nitrogen and oxygen atoms in total. The average Bonchev–Trinajstić information content (AvgIpc) is 3.10. The second-order valence-electron chi connectivity index (χ2n) is 6.02. The van der Waals surface area contributed by atoms with Crippen molar-refractivity contribution < 1.29 is 14.3 Å². The maximum Gasteiger partial charge on any atom is 0.229 e. The zero-order valence-electron chi connectivity index (χ0n) is 14.7. The van der Waals surface area contributed by atoms with Crippen molar-refractivity contribution >= 4 is 22.6 Å². The molecular formula is C19H20N4O3. The van der Waals surface area contributed by atoms with Crippen LogP contribution in [-0.2, 0) is 4.79 Å². The smallest absolute Gasteiger partial charge is 0.229 e. The minimum absolute atomic E-state index is 0.0871. The number of fused-ring (bicyclic) bond motifs is 2. The number of anilines is 1. The fraction of sp³-hybridized carbons (Fsp3) is 0.316. The van der Waals surface area contributed by atoms with Crippen molar-refractivity contribution in [3.8, 4) is 11.5 Å². The Kier molecular flexibility index (Phi) is 4.20. The second-order valence-corrected chi connectivity index (χ2v) is 6.02. The number of nitrogens with one attached hydrogen (secondary N) is 1. The first kappa shape index (κ1) is 16.4. The fourth-order valence-corrected chi connectivity index (χ4v) is 3.41. The average molecular weight is 352 g/mol. The van der Waals surface area contributed by atoms with E-state index in [9.17, 15) is 4.79 Å². The van der Waals surface area contributed by atoms with Crippen LogP contribution in [0.3, 0.4) is 0 Å². The molecule has 2 heterocycles. The van der Waals surface area contributed by atoms with Crippen molar-refractivity contribution in [1.29, 1.82) is 0 Å². The van der Waals surface area contributed by atoms with E-state index in [1.54, 1.807) is 4.68 Å². The van der Waals surface area contributed by atoms with Gasteiger partial charge in [-0.15, -0.1) is 0 Å². The highest BCUT2D eigenvalue weighted by atomic mass is 16.5. The zero-order chi connectivity index (χ0) is 18.1. The molecule has 2 aromatic carbocycles. The highest BCUT2D eigenvalue weighted by Crippen LogP contribution is 2.40. The Morgan fingerprint density at radius 2 is 2.00 bits per heavy atom. The summed E-state index contributed by atoms with van der Waals surface area (Å²) in [5.41, 5.74) is 0.924. The minimum atomic E-state index is -0.289. The quantitative estimate of drug-likeness (QED) is 0.763. The van der Waals surface area contributed by atoms with E-state index < -0.39 is 0 Å². The van der Waals surface area contributed by atoms with Crippen molar-refractivity contribution in [3.63, 3.8) is 0 Å². The summed E-state index contributed by atoms with van der Waals surface area (Å²) >= 11 is 0. The van der Waals surface area contributed by atoms with Crippen LogP contribution in [0.1, 0.15) is 31.9 Å². The molecule has 1 N–H and O–H groups in total. The largest absolute Gasteiger partial charge is 0.494 e. The van der Waals surface area contributed by atoms with Gasteiger partial charge in [0.25, 0.3) is 0 Å². The maximum atomic E-state index is 12.2. The Bertz CT molecular complexity index is 961. The van der Waals surface area contributed by atoms with Gasteiger partial charge in [-0.05, 0) is 42.8 Å². The van der Waals surface area contributed by atoms with Crippen molar-refractivity contribution in [3.05, 3.63) is 42.2 Å². The molecule has 1 atom stereocenters. The second kappa shape index (κ2) is 6.67. The van der Waals surface area contributed by atoms with Crippen LogP contribution < -0.4 is 14.8 Å². The van der Waals surface area contributed by atoms with Gasteiger partial charge in [-0.1, -0.05) is 12.1 Å². The summed E-state index contributed by atoms with van der Waals surface area (Å²) in [5.74, 6) is 1.89. The molecule has 1 aliphatic heterocycles. The van der Waals surface area contributed by atoms with Crippen molar-refractivity contribution in [2.75, 3.05) is 18.5 Å². The van der Waals surface area contributed by atoms with E-state index in [-0.39, 0.29) is 18.4 Å². The Balaban J connectivity index is 1.96. The normalized spacial score (nSPS) is 16.2. The molecule has 0 unspecified atom stereocenters. The van der Waals surface area contributed by atoms with Crippen LogP contribution >= 0.6 is 0 Å². The Hall–Kier alpha value is -3.09. The highest BCUT2D eigenvalue weighted by molar-refractivity contribution is 5.94. The highest BCUT2D eigenvalue weighted by Gasteiger charge is 2.31. The van der Waals surface area contributed by atoms with Crippen LogP contribution in [0.2, 0.25) is 0 Å². The minimum Gasteiger partial charge on any atom is -0.494 e. The van der Waals surface area contributed by atoms with Crippen LogP contribution in [0.4, 0.5) is 5.95 Å². The predicted molar refractivity (Wildman–Crippen MR) is 97.7 cm³/mol. The molecule has 0 spiro atoms. The van der Waals surface area contributed by atoms with Crippen LogP contribution in [0.5, 0.6) is 11.5 Å². The van der Waals surface area contributed by atoms with E-state index in [1.165, 1.54) is 6.33 Å². The third-order valence-electron chi connectivity index (χ3n) is 4.44. The lowest BCUT2D eigenvalue weighted by Crippen LogP contribution is -2.29. The first-order chi connectivity index (χ1) is 12.7. The summed E-state index contributed by atoms with van der Waals surface area (Å²) in [5, 5.41) is 9.12. The lowest BCUT2D eigenvalue weighted by atomic mass is 9.94. The van der Waals surface area contributed by atoms with Crippen LogP contribution in [0, 0.1) is 0 Å². The van der Waals surface area contributed by atoms with Gasteiger partial charge >= 0.3 is 0 Å². The molecule has 0 saturated carbocycles. The third kappa shape index (κ3) is 2.75. The van der Waals surface area contributed by atoms with Gasteiger partial charge in [-0.2, -0.15) is 10.1 Å².